The normalized spacial score (nSPS) is 20.4. The van der Waals surface area contributed by atoms with Crippen molar-refractivity contribution in [3.05, 3.63) is 76.2 Å². The van der Waals surface area contributed by atoms with E-state index in [9.17, 15) is 14.4 Å². The van der Waals surface area contributed by atoms with Crippen molar-refractivity contribution in [2.24, 2.45) is 7.05 Å². The van der Waals surface area contributed by atoms with E-state index in [0.717, 1.165) is 0 Å². The second-order valence-corrected chi connectivity index (χ2v) is 8.24. The summed E-state index contributed by atoms with van der Waals surface area (Å²) in [7, 11) is 1.77. The van der Waals surface area contributed by atoms with Gasteiger partial charge in [0.15, 0.2) is 0 Å². The molecule has 2 aromatic carbocycles. The lowest BCUT2D eigenvalue weighted by Gasteiger charge is -2.31. The van der Waals surface area contributed by atoms with Gasteiger partial charge in [-0.15, -0.1) is 11.8 Å². The molecule has 3 heterocycles. The maximum atomic E-state index is 13.5. The number of amides is 2. The van der Waals surface area contributed by atoms with Crippen LogP contribution in [0.5, 0.6) is 0 Å². The summed E-state index contributed by atoms with van der Waals surface area (Å²) < 4.78 is 3.24. The standard InChI is InChI=1S/C21H18N4O3S/c1-13-18(19(27)25(23(13)2)14-8-4-3-5-9-14)24-17(26)12-29-21(24)15-10-6-7-11-16(15)22-20(21)28/h3-11H,12H2,1-2H3,(H,22,28)/t21-/m1/s1. The summed E-state index contributed by atoms with van der Waals surface area (Å²) in [6.07, 6.45) is 0. The third-order valence-electron chi connectivity index (χ3n) is 5.56. The van der Waals surface area contributed by atoms with Gasteiger partial charge in [0.25, 0.3) is 11.5 Å². The highest BCUT2D eigenvalue weighted by atomic mass is 32.2. The number of hydrogen-bond acceptors (Lipinski definition) is 4. The lowest BCUT2D eigenvalue weighted by Crippen LogP contribution is -2.49. The molecule has 5 rings (SSSR count). The first-order valence-electron chi connectivity index (χ1n) is 9.19. The highest BCUT2D eigenvalue weighted by molar-refractivity contribution is 8.02. The lowest BCUT2D eigenvalue weighted by atomic mass is 10.0. The van der Waals surface area contributed by atoms with Crippen LogP contribution < -0.4 is 15.8 Å². The molecule has 1 saturated heterocycles. The van der Waals surface area contributed by atoms with E-state index < -0.39 is 4.87 Å². The maximum Gasteiger partial charge on any atom is 0.295 e. The average molecular weight is 406 g/mol. The zero-order chi connectivity index (χ0) is 20.3. The molecule has 1 atom stereocenters. The largest absolute Gasteiger partial charge is 0.323 e. The minimum Gasteiger partial charge on any atom is -0.323 e. The van der Waals surface area contributed by atoms with E-state index >= 15 is 0 Å². The van der Waals surface area contributed by atoms with E-state index in [0.29, 0.717) is 22.6 Å². The smallest absolute Gasteiger partial charge is 0.295 e. The maximum absolute atomic E-state index is 13.5. The van der Waals surface area contributed by atoms with Gasteiger partial charge < -0.3 is 5.32 Å². The van der Waals surface area contributed by atoms with Gasteiger partial charge >= 0.3 is 0 Å². The third kappa shape index (κ3) is 2.23. The van der Waals surface area contributed by atoms with Gasteiger partial charge in [-0.1, -0.05) is 36.4 Å². The molecular weight excluding hydrogens is 388 g/mol. The van der Waals surface area contributed by atoms with Crippen molar-refractivity contribution >= 4 is 35.0 Å². The molecule has 3 aromatic rings. The first-order chi connectivity index (χ1) is 14.0. The van der Waals surface area contributed by atoms with Gasteiger partial charge in [0.05, 0.1) is 17.1 Å². The van der Waals surface area contributed by atoms with Crippen molar-refractivity contribution in [2.75, 3.05) is 16.0 Å². The number of benzene rings is 2. The molecule has 8 heteroatoms. The van der Waals surface area contributed by atoms with Crippen LogP contribution in [0.2, 0.25) is 0 Å². The fourth-order valence-electron chi connectivity index (χ4n) is 4.15. The summed E-state index contributed by atoms with van der Waals surface area (Å²) in [4.78, 5) is 39.8. The molecule has 0 unspecified atom stereocenters. The molecule has 7 nitrogen and oxygen atoms in total. The molecule has 146 valence electrons. The van der Waals surface area contributed by atoms with Gasteiger partial charge in [0, 0.05) is 18.3 Å². The second kappa shape index (κ2) is 6.12. The molecule has 2 amide bonds. The molecule has 2 aliphatic heterocycles. The Morgan fingerprint density at radius 1 is 1.00 bits per heavy atom. The number of para-hydroxylation sites is 2. The Morgan fingerprint density at radius 2 is 1.69 bits per heavy atom. The lowest BCUT2D eigenvalue weighted by molar-refractivity contribution is -0.122. The molecule has 29 heavy (non-hydrogen) atoms. The highest BCUT2D eigenvalue weighted by Crippen LogP contribution is 2.53. The van der Waals surface area contributed by atoms with Crippen LogP contribution in [0.4, 0.5) is 11.4 Å². The second-order valence-electron chi connectivity index (χ2n) is 7.07. The van der Waals surface area contributed by atoms with Gasteiger partial charge in [-0.2, -0.15) is 0 Å². The topological polar surface area (TPSA) is 76.3 Å². The van der Waals surface area contributed by atoms with Gasteiger partial charge in [-0.25, -0.2) is 4.68 Å². The van der Waals surface area contributed by atoms with E-state index in [4.69, 9.17) is 0 Å². The van der Waals surface area contributed by atoms with E-state index in [2.05, 4.69) is 5.32 Å². The minimum atomic E-state index is -1.27. The number of nitrogens with one attached hydrogen (secondary N) is 1. The number of aromatic nitrogens is 2. The Bertz CT molecular complexity index is 1230. The van der Waals surface area contributed by atoms with Crippen LogP contribution in [-0.4, -0.2) is 26.9 Å². The summed E-state index contributed by atoms with van der Waals surface area (Å²) in [5.74, 6) is -0.433. The Balaban J connectivity index is 1.77. The molecular formula is C21H18N4O3S. The number of rotatable bonds is 2. The van der Waals surface area contributed by atoms with Gasteiger partial charge in [0.2, 0.25) is 10.8 Å². The van der Waals surface area contributed by atoms with Crippen molar-refractivity contribution in [1.29, 1.82) is 0 Å². The number of carbonyl (C=O) groups is 2. The minimum absolute atomic E-state index is 0.126. The Kier molecular flexibility index (Phi) is 3.76. The number of anilines is 2. The zero-order valence-corrected chi connectivity index (χ0v) is 16.7. The number of fused-ring (bicyclic) bond motifs is 2. The predicted molar refractivity (Wildman–Crippen MR) is 112 cm³/mol. The van der Waals surface area contributed by atoms with E-state index in [-0.39, 0.29) is 28.8 Å². The van der Waals surface area contributed by atoms with Crippen LogP contribution in [-0.2, 0) is 21.5 Å². The summed E-state index contributed by atoms with van der Waals surface area (Å²) in [5, 5.41) is 2.87. The summed E-state index contributed by atoms with van der Waals surface area (Å²) >= 11 is 1.25. The molecule has 1 aromatic heterocycles. The molecule has 2 aliphatic rings. The molecule has 0 aliphatic carbocycles. The van der Waals surface area contributed by atoms with Gasteiger partial charge in [-0.05, 0) is 25.1 Å². The Morgan fingerprint density at radius 3 is 2.45 bits per heavy atom. The van der Waals surface area contributed by atoms with Crippen LogP contribution in [0.25, 0.3) is 5.69 Å². The van der Waals surface area contributed by atoms with Crippen LogP contribution in [0, 0.1) is 6.92 Å². The molecule has 0 saturated carbocycles. The number of hydrogen-bond donors (Lipinski definition) is 1. The third-order valence-corrected chi connectivity index (χ3v) is 6.96. The monoisotopic (exact) mass is 406 g/mol. The number of carbonyl (C=O) groups excluding carboxylic acids is 2. The van der Waals surface area contributed by atoms with E-state index in [1.165, 1.54) is 21.3 Å². The SMILES string of the molecule is Cc1c(N2C(=O)CS[C@]23C(=O)Nc2ccccc23)c(=O)n(-c2ccccc2)n1C. The fourth-order valence-corrected chi connectivity index (χ4v) is 5.45. The van der Waals surface area contributed by atoms with Crippen LogP contribution in [0.1, 0.15) is 11.3 Å². The molecule has 1 N–H and O–H groups in total. The molecule has 1 fully saturated rings. The summed E-state index contributed by atoms with van der Waals surface area (Å²) in [6.45, 7) is 1.79. The van der Waals surface area contributed by atoms with Crippen molar-refractivity contribution in [1.82, 2.24) is 9.36 Å². The van der Waals surface area contributed by atoms with Crippen LogP contribution in [0.15, 0.2) is 59.4 Å². The average Bonchev–Trinajstić information content (AvgIpc) is 3.28. The molecule has 0 radical (unpaired) electrons. The van der Waals surface area contributed by atoms with Crippen LogP contribution >= 0.6 is 11.8 Å². The quantitative estimate of drug-likeness (QED) is 0.709. The Labute approximate surface area is 170 Å². The molecule has 1 spiro atoms. The van der Waals surface area contributed by atoms with Crippen molar-refractivity contribution in [2.45, 2.75) is 11.8 Å². The number of nitrogens with zero attached hydrogens (tertiary/aromatic N) is 3. The first kappa shape index (κ1) is 17.8. The molecule has 0 bridgehead atoms. The highest BCUT2D eigenvalue weighted by Gasteiger charge is 2.59. The van der Waals surface area contributed by atoms with Crippen molar-refractivity contribution < 1.29 is 9.59 Å². The zero-order valence-electron chi connectivity index (χ0n) is 15.9. The van der Waals surface area contributed by atoms with E-state index in [1.54, 1.807) is 18.7 Å². The first-order valence-corrected chi connectivity index (χ1v) is 10.2. The van der Waals surface area contributed by atoms with Crippen LogP contribution in [0.3, 0.4) is 0 Å². The van der Waals surface area contributed by atoms with Gasteiger partial charge in [-0.3, -0.25) is 24.0 Å². The number of thioether (sulfide) groups is 1. The summed E-state index contributed by atoms with van der Waals surface area (Å²) in [5.41, 5.74) is 2.59. The van der Waals surface area contributed by atoms with Crippen molar-refractivity contribution in [3.63, 3.8) is 0 Å². The van der Waals surface area contributed by atoms with E-state index in [1.807, 2.05) is 54.6 Å². The summed E-state index contributed by atoms with van der Waals surface area (Å²) in [6, 6.07) is 16.6. The fraction of sp³-hybridized carbons (Fsp3) is 0.190. The Hall–Kier alpha value is -3.26. The van der Waals surface area contributed by atoms with Crippen molar-refractivity contribution in [3.8, 4) is 5.69 Å². The van der Waals surface area contributed by atoms with Gasteiger partial charge in [0.1, 0.15) is 5.69 Å². The predicted octanol–water partition coefficient (Wildman–Crippen LogP) is 2.37.